The fourth-order valence-corrected chi connectivity index (χ4v) is 5.60. The Morgan fingerprint density at radius 1 is 1.17 bits per heavy atom. The van der Waals surface area contributed by atoms with E-state index in [2.05, 4.69) is 4.99 Å². The number of nitrogens with zero attached hydrogens (tertiary/aromatic N) is 3. The molecule has 0 atom stereocenters. The molecule has 0 fully saturated rings. The van der Waals surface area contributed by atoms with Crippen LogP contribution < -0.4 is 0 Å². The van der Waals surface area contributed by atoms with Crippen LogP contribution in [-0.4, -0.2) is 54.9 Å². The van der Waals surface area contributed by atoms with Crippen molar-refractivity contribution in [1.29, 1.82) is 0 Å². The molecule has 2 aromatic carbocycles. The molecule has 9 heteroatoms. The molecule has 0 unspecified atom stereocenters. The summed E-state index contributed by atoms with van der Waals surface area (Å²) >= 11 is 1.38. The molecule has 1 heterocycles. The average molecular weight is 450 g/mol. The summed E-state index contributed by atoms with van der Waals surface area (Å²) in [4.78, 5) is 19.1. The van der Waals surface area contributed by atoms with Gasteiger partial charge < -0.3 is 0 Å². The lowest BCUT2D eigenvalue weighted by molar-refractivity contribution is 0.0860. The first-order chi connectivity index (χ1) is 14.4. The van der Waals surface area contributed by atoms with Gasteiger partial charge in [-0.25, -0.2) is 12.8 Å². The molecule has 0 saturated heterocycles. The van der Waals surface area contributed by atoms with E-state index in [1.54, 1.807) is 24.8 Å². The number of hydrogen-bond donors (Lipinski definition) is 0. The second-order valence-electron chi connectivity index (χ2n) is 6.65. The summed E-state index contributed by atoms with van der Waals surface area (Å²) in [6, 6.07) is 12.3. The van der Waals surface area contributed by atoms with Crippen molar-refractivity contribution in [3.63, 3.8) is 0 Å². The van der Waals surface area contributed by atoms with Crippen molar-refractivity contribution < 1.29 is 17.6 Å². The Balaban J connectivity index is 1.70. The van der Waals surface area contributed by atoms with Gasteiger partial charge in [0.1, 0.15) is 5.82 Å². The third-order valence-electron chi connectivity index (χ3n) is 4.75. The second-order valence-corrected chi connectivity index (χ2v) is 9.53. The predicted molar refractivity (Wildman–Crippen MR) is 118 cm³/mol. The molecule has 0 aromatic heterocycles. The Bertz CT molecular complexity index is 1040. The van der Waals surface area contributed by atoms with Crippen molar-refractivity contribution in [1.82, 2.24) is 9.21 Å². The Morgan fingerprint density at radius 3 is 2.50 bits per heavy atom. The van der Waals surface area contributed by atoms with Crippen LogP contribution in [0, 0.1) is 5.82 Å². The highest BCUT2D eigenvalue weighted by atomic mass is 32.2. The first-order valence-corrected chi connectivity index (χ1v) is 12.1. The van der Waals surface area contributed by atoms with E-state index in [1.165, 1.54) is 52.5 Å². The summed E-state index contributed by atoms with van der Waals surface area (Å²) in [5.41, 5.74) is 1.21. The van der Waals surface area contributed by atoms with E-state index in [-0.39, 0.29) is 16.6 Å². The lowest BCUT2D eigenvalue weighted by atomic mass is 10.2. The number of carbonyl (C=O) groups is 1. The molecule has 30 heavy (non-hydrogen) atoms. The zero-order chi connectivity index (χ0) is 21.7. The van der Waals surface area contributed by atoms with Crippen LogP contribution in [0.25, 0.3) is 0 Å². The highest BCUT2D eigenvalue weighted by Gasteiger charge is 2.26. The third-order valence-corrected chi connectivity index (χ3v) is 7.90. The molecule has 3 rings (SSSR count). The maximum absolute atomic E-state index is 13.4. The van der Waals surface area contributed by atoms with Gasteiger partial charge in [-0.15, -0.1) is 0 Å². The zero-order valence-corrected chi connectivity index (χ0v) is 18.5. The molecular weight excluding hydrogens is 425 g/mol. The smallest absolute Gasteiger partial charge is 0.259 e. The van der Waals surface area contributed by atoms with Gasteiger partial charge in [0.2, 0.25) is 10.0 Å². The van der Waals surface area contributed by atoms with Crippen LogP contribution in [0.2, 0.25) is 0 Å². The molecule has 1 aliphatic rings. The number of hydrogen-bond acceptors (Lipinski definition) is 5. The molecule has 0 aliphatic carbocycles. The van der Waals surface area contributed by atoms with Crippen LogP contribution >= 0.6 is 11.8 Å². The van der Waals surface area contributed by atoms with Gasteiger partial charge in [0.15, 0.2) is 5.17 Å². The summed E-state index contributed by atoms with van der Waals surface area (Å²) in [6.45, 7) is 5.31. The number of sulfonamides is 1. The molecule has 2 aromatic rings. The van der Waals surface area contributed by atoms with Crippen molar-refractivity contribution in [3.8, 4) is 0 Å². The molecule has 6 nitrogen and oxygen atoms in total. The summed E-state index contributed by atoms with van der Waals surface area (Å²) in [6.07, 6.45) is 0. The second kappa shape index (κ2) is 9.72. The minimum atomic E-state index is -3.57. The van der Waals surface area contributed by atoms with Crippen molar-refractivity contribution in [2.24, 2.45) is 4.99 Å². The Labute approximate surface area is 180 Å². The Kier molecular flexibility index (Phi) is 7.27. The molecule has 0 saturated carbocycles. The van der Waals surface area contributed by atoms with E-state index in [0.717, 1.165) is 5.56 Å². The lowest BCUT2D eigenvalue weighted by Gasteiger charge is -2.20. The number of halogens is 1. The van der Waals surface area contributed by atoms with E-state index in [9.17, 15) is 17.6 Å². The van der Waals surface area contributed by atoms with Crippen LogP contribution in [0.1, 0.15) is 29.8 Å². The lowest BCUT2D eigenvalue weighted by Crippen LogP contribution is -2.33. The average Bonchev–Trinajstić information content (AvgIpc) is 3.21. The highest BCUT2D eigenvalue weighted by Crippen LogP contribution is 2.23. The van der Waals surface area contributed by atoms with Gasteiger partial charge in [-0.3, -0.25) is 14.7 Å². The number of amides is 1. The molecule has 0 spiro atoms. The maximum atomic E-state index is 13.4. The van der Waals surface area contributed by atoms with E-state index >= 15 is 0 Å². The number of thioether (sulfide) groups is 1. The monoisotopic (exact) mass is 449 g/mol. The third kappa shape index (κ3) is 4.91. The number of aliphatic imine (C=N–C) groups is 1. The van der Waals surface area contributed by atoms with Gasteiger partial charge in [0.05, 0.1) is 11.4 Å². The van der Waals surface area contributed by atoms with E-state index in [0.29, 0.717) is 42.7 Å². The number of rotatable bonds is 7. The van der Waals surface area contributed by atoms with Crippen molar-refractivity contribution >= 4 is 32.9 Å². The minimum absolute atomic E-state index is 0.165. The number of amidine groups is 1. The fraction of sp³-hybridized carbons (Fsp3) is 0.333. The van der Waals surface area contributed by atoms with Crippen molar-refractivity contribution in [3.05, 3.63) is 65.5 Å². The van der Waals surface area contributed by atoms with Gasteiger partial charge in [-0.1, -0.05) is 37.7 Å². The molecule has 0 bridgehead atoms. The Morgan fingerprint density at radius 2 is 1.87 bits per heavy atom. The zero-order valence-electron chi connectivity index (χ0n) is 16.9. The minimum Gasteiger partial charge on any atom is -0.286 e. The molecule has 0 radical (unpaired) electrons. The largest absolute Gasteiger partial charge is 0.286 e. The number of benzene rings is 2. The van der Waals surface area contributed by atoms with Crippen LogP contribution in [0.15, 0.2) is 58.4 Å². The SMILES string of the molecule is CCN(CC)S(=O)(=O)c1ccc(C(=O)N2CCN=C2SCc2cccc(F)c2)cc1. The predicted octanol–water partition coefficient (Wildman–Crippen LogP) is 3.60. The van der Waals surface area contributed by atoms with Crippen LogP contribution in [0.3, 0.4) is 0 Å². The summed E-state index contributed by atoms with van der Waals surface area (Å²) in [7, 11) is -3.57. The molecule has 0 N–H and O–H groups in total. The normalized spacial score (nSPS) is 14.3. The van der Waals surface area contributed by atoms with Gasteiger partial charge >= 0.3 is 0 Å². The van der Waals surface area contributed by atoms with Crippen molar-refractivity contribution in [2.45, 2.75) is 24.5 Å². The quantitative estimate of drug-likeness (QED) is 0.648. The topological polar surface area (TPSA) is 70.1 Å². The molecule has 1 amide bonds. The van der Waals surface area contributed by atoms with Crippen molar-refractivity contribution in [2.75, 3.05) is 26.2 Å². The van der Waals surface area contributed by atoms with Crippen LogP contribution in [0.5, 0.6) is 0 Å². The first kappa shape index (κ1) is 22.5. The summed E-state index contributed by atoms with van der Waals surface area (Å²) in [5.74, 6) is -0.0274. The van der Waals surface area contributed by atoms with Gasteiger partial charge in [-0.2, -0.15) is 4.31 Å². The molecular formula is C21H24FN3O3S2. The Hall–Kier alpha value is -2.23. The van der Waals surface area contributed by atoms with Gasteiger partial charge in [0.25, 0.3) is 5.91 Å². The van der Waals surface area contributed by atoms with E-state index < -0.39 is 10.0 Å². The number of carbonyl (C=O) groups excluding carboxylic acids is 1. The molecule has 160 valence electrons. The summed E-state index contributed by atoms with van der Waals surface area (Å²) < 4.78 is 39.9. The highest BCUT2D eigenvalue weighted by molar-refractivity contribution is 8.13. The first-order valence-electron chi connectivity index (χ1n) is 9.70. The molecule has 1 aliphatic heterocycles. The van der Waals surface area contributed by atoms with E-state index in [1.807, 2.05) is 6.07 Å². The fourth-order valence-electron chi connectivity index (χ4n) is 3.15. The van der Waals surface area contributed by atoms with Gasteiger partial charge in [-0.05, 0) is 42.0 Å². The van der Waals surface area contributed by atoms with Crippen LogP contribution in [-0.2, 0) is 15.8 Å². The summed E-state index contributed by atoms with van der Waals surface area (Å²) in [5, 5.41) is 0.587. The maximum Gasteiger partial charge on any atom is 0.259 e. The van der Waals surface area contributed by atoms with Crippen LogP contribution in [0.4, 0.5) is 4.39 Å². The van der Waals surface area contributed by atoms with E-state index in [4.69, 9.17) is 0 Å². The van der Waals surface area contributed by atoms with Gasteiger partial charge in [0, 0.05) is 31.0 Å². The standard InChI is InChI=1S/C21H24FN3O3S2/c1-3-24(4-2)30(27,28)19-10-8-17(9-11-19)20(26)25-13-12-23-21(25)29-15-16-6-5-7-18(22)14-16/h5-11,14H,3-4,12-13,15H2,1-2H3.